The quantitative estimate of drug-likeness (QED) is 0.708. The summed E-state index contributed by atoms with van der Waals surface area (Å²) in [6.45, 7) is 1.03. The molecule has 4 heterocycles. The third kappa shape index (κ3) is 3.44. The zero-order valence-electron chi connectivity index (χ0n) is 17.3. The lowest BCUT2D eigenvalue weighted by molar-refractivity contribution is 0.102. The minimum absolute atomic E-state index is 0.130. The fourth-order valence-corrected chi connectivity index (χ4v) is 4.58. The maximum absolute atomic E-state index is 12.6. The number of anilines is 1. The molecule has 4 N–H and O–H groups in total. The number of fused-ring (bicyclic) bond motifs is 1. The molecule has 1 saturated heterocycles. The van der Waals surface area contributed by atoms with E-state index in [4.69, 9.17) is 5.73 Å². The van der Waals surface area contributed by atoms with Gasteiger partial charge in [0.25, 0.3) is 5.91 Å². The second-order valence-corrected chi connectivity index (χ2v) is 7.89. The number of aliphatic imine (C=N–C) groups is 1. The molecule has 0 aliphatic carbocycles. The largest absolute Gasteiger partial charge is 0.382 e. The number of hydrogen-bond acceptors (Lipinski definition) is 7. The molecule has 0 radical (unpaired) electrons. The van der Waals surface area contributed by atoms with Crippen LogP contribution in [0.3, 0.4) is 0 Å². The number of nitrogens with zero attached hydrogens (tertiary/aromatic N) is 4. The van der Waals surface area contributed by atoms with Gasteiger partial charge in [-0.2, -0.15) is 0 Å². The van der Waals surface area contributed by atoms with E-state index in [0.29, 0.717) is 23.3 Å². The highest BCUT2D eigenvalue weighted by Crippen LogP contribution is 2.39. The van der Waals surface area contributed by atoms with Crippen molar-refractivity contribution in [3.05, 3.63) is 77.9 Å². The molecule has 2 unspecified atom stereocenters. The summed E-state index contributed by atoms with van der Waals surface area (Å²) in [4.78, 5) is 25.5. The van der Waals surface area contributed by atoms with Crippen molar-refractivity contribution >= 4 is 23.3 Å². The third-order valence-corrected chi connectivity index (χ3v) is 5.99. The first-order valence-corrected chi connectivity index (χ1v) is 10.5. The van der Waals surface area contributed by atoms with Crippen molar-refractivity contribution in [2.75, 3.05) is 18.9 Å². The van der Waals surface area contributed by atoms with E-state index >= 15 is 0 Å². The number of nitrogens with two attached hydrogens (primary N) is 1. The lowest BCUT2D eigenvalue weighted by Crippen LogP contribution is -2.50. The Kier molecular flexibility index (Phi) is 4.91. The second-order valence-electron chi connectivity index (χ2n) is 7.89. The normalized spacial score (nSPS) is 22.5. The monoisotopic (exact) mass is 415 g/mol. The molecule has 3 aliphatic rings. The van der Waals surface area contributed by atoms with Gasteiger partial charge in [0.15, 0.2) is 0 Å². The molecule has 0 saturated carbocycles. The summed E-state index contributed by atoms with van der Waals surface area (Å²) in [6, 6.07) is 13.3. The molecule has 8 heteroatoms. The molecule has 2 aromatic rings. The number of nitrogens with one attached hydrogen (secondary N) is 2. The van der Waals surface area contributed by atoms with Crippen molar-refractivity contribution in [3.8, 4) is 0 Å². The summed E-state index contributed by atoms with van der Waals surface area (Å²) in [5, 5.41) is 6.43. The van der Waals surface area contributed by atoms with Crippen molar-refractivity contribution in [3.63, 3.8) is 0 Å². The minimum atomic E-state index is -0.195. The molecule has 1 amide bonds. The molecule has 1 fully saturated rings. The SMILES string of the molecule is CN1C(c2ccc(C(=O)Nc3ccccn3)cc2)=C2C(N)=NC=CN2C1C1CCCN1. The standard InChI is InChI=1S/C23H25N7O/c1-29-19(20-21(24)27-13-14-30(20)23(29)17-5-4-12-25-17)15-7-9-16(10-8-15)22(31)28-18-6-2-3-11-26-18/h2-3,6-11,13-14,17,23,25H,4-5,12H2,1H3,(H2,24,27)(H,26,28,31). The van der Waals surface area contributed by atoms with Crippen LogP contribution in [0.4, 0.5) is 5.82 Å². The highest BCUT2D eigenvalue weighted by molar-refractivity contribution is 6.06. The molecule has 8 nitrogen and oxygen atoms in total. The lowest BCUT2D eigenvalue weighted by atomic mass is 10.1. The predicted molar refractivity (Wildman–Crippen MR) is 121 cm³/mol. The van der Waals surface area contributed by atoms with Crippen LogP contribution in [0.1, 0.15) is 28.8 Å². The Morgan fingerprint density at radius 2 is 2.03 bits per heavy atom. The number of benzene rings is 1. The minimum Gasteiger partial charge on any atom is -0.382 e. The number of carbonyl (C=O) groups excluding carboxylic acids is 1. The van der Waals surface area contributed by atoms with Gasteiger partial charge < -0.3 is 26.2 Å². The summed E-state index contributed by atoms with van der Waals surface area (Å²) in [6.07, 6.45) is 7.81. The Morgan fingerprint density at radius 3 is 2.74 bits per heavy atom. The van der Waals surface area contributed by atoms with Crippen molar-refractivity contribution in [1.82, 2.24) is 20.1 Å². The Balaban J connectivity index is 1.44. The molecule has 3 aliphatic heterocycles. The van der Waals surface area contributed by atoms with Crippen LogP contribution in [0, 0.1) is 0 Å². The zero-order chi connectivity index (χ0) is 21.4. The van der Waals surface area contributed by atoms with E-state index < -0.39 is 0 Å². The molecule has 1 aromatic carbocycles. The van der Waals surface area contributed by atoms with Gasteiger partial charge in [-0.15, -0.1) is 0 Å². The smallest absolute Gasteiger partial charge is 0.256 e. The van der Waals surface area contributed by atoms with Gasteiger partial charge in [-0.05, 0) is 43.7 Å². The number of rotatable bonds is 4. The van der Waals surface area contributed by atoms with Crippen LogP contribution >= 0.6 is 0 Å². The van der Waals surface area contributed by atoms with Gasteiger partial charge in [-0.3, -0.25) is 4.79 Å². The lowest BCUT2D eigenvalue weighted by Gasteiger charge is -2.35. The number of pyridine rings is 1. The second kappa shape index (κ2) is 7.88. The molecule has 0 bridgehead atoms. The van der Waals surface area contributed by atoms with Gasteiger partial charge in [0.2, 0.25) is 0 Å². The maximum atomic E-state index is 12.6. The van der Waals surface area contributed by atoms with E-state index in [-0.39, 0.29) is 12.1 Å². The van der Waals surface area contributed by atoms with Gasteiger partial charge in [0.1, 0.15) is 23.5 Å². The van der Waals surface area contributed by atoms with Crippen LogP contribution in [0.5, 0.6) is 0 Å². The van der Waals surface area contributed by atoms with E-state index in [0.717, 1.165) is 29.9 Å². The number of aromatic nitrogens is 1. The Labute approximate surface area is 181 Å². The van der Waals surface area contributed by atoms with Crippen LogP contribution in [0.15, 0.2) is 71.8 Å². The van der Waals surface area contributed by atoms with Gasteiger partial charge in [0.05, 0.1) is 5.70 Å². The fraction of sp³-hybridized carbons (Fsp3) is 0.261. The number of amidine groups is 1. The van der Waals surface area contributed by atoms with Gasteiger partial charge in [0, 0.05) is 42.8 Å². The first kappa shape index (κ1) is 19.3. The molecule has 31 heavy (non-hydrogen) atoms. The van der Waals surface area contributed by atoms with Gasteiger partial charge >= 0.3 is 0 Å². The van der Waals surface area contributed by atoms with Crippen molar-refractivity contribution in [2.24, 2.45) is 10.7 Å². The van der Waals surface area contributed by atoms with E-state index in [1.54, 1.807) is 18.5 Å². The average molecular weight is 416 g/mol. The molecule has 2 atom stereocenters. The third-order valence-electron chi connectivity index (χ3n) is 5.99. The number of carbonyl (C=O) groups is 1. The number of likely N-dealkylation sites (N-methyl/N-ethyl adjacent to an activating group) is 1. The molecule has 0 spiro atoms. The first-order valence-electron chi connectivity index (χ1n) is 10.5. The Bertz CT molecular complexity index is 1070. The summed E-state index contributed by atoms with van der Waals surface area (Å²) >= 11 is 0. The van der Waals surface area contributed by atoms with Crippen molar-refractivity contribution in [1.29, 1.82) is 0 Å². The predicted octanol–water partition coefficient (Wildman–Crippen LogP) is 2.17. The van der Waals surface area contributed by atoms with Crippen molar-refractivity contribution in [2.45, 2.75) is 25.0 Å². The summed E-state index contributed by atoms with van der Waals surface area (Å²) in [7, 11) is 2.09. The van der Waals surface area contributed by atoms with Crippen LogP contribution in [-0.2, 0) is 0 Å². The van der Waals surface area contributed by atoms with Gasteiger partial charge in [-0.25, -0.2) is 9.98 Å². The van der Waals surface area contributed by atoms with Crippen LogP contribution in [0.25, 0.3) is 5.70 Å². The first-order chi connectivity index (χ1) is 15.1. The topological polar surface area (TPSA) is 98.9 Å². The van der Waals surface area contributed by atoms with Crippen LogP contribution in [0.2, 0.25) is 0 Å². The molecule has 5 rings (SSSR count). The van der Waals surface area contributed by atoms with Gasteiger partial charge in [-0.1, -0.05) is 18.2 Å². The van der Waals surface area contributed by atoms with Crippen LogP contribution < -0.4 is 16.4 Å². The zero-order valence-corrected chi connectivity index (χ0v) is 17.3. The summed E-state index contributed by atoms with van der Waals surface area (Å²) in [5.41, 5.74) is 9.80. The maximum Gasteiger partial charge on any atom is 0.256 e. The van der Waals surface area contributed by atoms with E-state index in [1.165, 1.54) is 6.42 Å². The average Bonchev–Trinajstić information content (AvgIpc) is 3.41. The fourth-order valence-electron chi connectivity index (χ4n) is 4.58. The van der Waals surface area contributed by atoms with Crippen molar-refractivity contribution < 1.29 is 4.79 Å². The molecular formula is C23H25N7O. The number of amides is 1. The summed E-state index contributed by atoms with van der Waals surface area (Å²) in [5.74, 6) is 0.832. The number of hydrogen-bond donors (Lipinski definition) is 3. The van der Waals surface area contributed by atoms with E-state index in [2.05, 4.69) is 37.5 Å². The highest BCUT2D eigenvalue weighted by atomic mass is 16.1. The summed E-state index contributed by atoms with van der Waals surface area (Å²) < 4.78 is 0. The van der Waals surface area contributed by atoms with E-state index in [1.807, 2.05) is 42.6 Å². The molecule has 1 aromatic heterocycles. The Hall–Kier alpha value is -3.65. The Morgan fingerprint density at radius 1 is 1.19 bits per heavy atom. The highest BCUT2D eigenvalue weighted by Gasteiger charge is 2.43. The van der Waals surface area contributed by atoms with Crippen LogP contribution in [-0.4, -0.2) is 52.3 Å². The van der Waals surface area contributed by atoms with E-state index in [9.17, 15) is 4.79 Å². The molecule has 158 valence electrons. The molecular weight excluding hydrogens is 390 g/mol.